The summed E-state index contributed by atoms with van der Waals surface area (Å²) in [7, 11) is 0. The first-order valence-electron chi connectivity index (χ1n) is 12.5. The number of aromatic hydroxyl groups is 1. The van der Waals surface area contributed by atoms with Crippen molar-refractivity contribution in [3.63, 3.8) is 0 Å². The number of hydrogen-bond acceptors (Lipinski definition) is 5. The second-order valence-corrected chi connectivity index (χ2v) is 11.0. The van der Waals surface area contributed by atoms with Crippen molar-refractivity contribution in [3.05, 3.63) is 93.0 Å². The molecule has 2 N–H and O–H groups in total. The molecule has 1 atom stereocenters. The molecule has 4 rings (SSSR count). The maximum Gasteiger partial charge on any atom is 0.300 e. The van der Waals surface area contributed by atoms with Gasteiger partial charge in [-0.15, -0.1) is 0 Å². The van der Waals surface area contributed by atoms with Crippen molar-refractivity contribution in [2.45, 2.75) is 53.0 Å². The Labute approximate surface area is 228 Å². The minimum absolute atomic E-state index is 0.0355. The average Bonchev–Trinajstić information content (AvgIpc) is 3.10. The van der Waals surface area contributed by atoms with Gasteiger partial charge in [-0.2, -0.15) is 0 Å². The van der Waals surface area contributed by atoms with E-state index in [-0.39, 0.29) is 28.2 Å². The molecule has 1 unspecified atom stereocenters. The third-order valence-electron chi connectivity index (χ3n) is 6.82. The van der Waals surface area contributed by atoms with E-state index in [1.54, 1.807) is 44.2 Å². The van der Waals surface area contributed by atoms with E-state index in [0.717, 1.165) is 11.1 Å². The zero-order valence-electron chi connectivity index (χ0n) is 22.4. The summed E-state index contributed by atoms with van der Waals surface area (Å²) in [5, 5.41) is 22.5. The van der Waals surface area contributed by atoms with Crippen LogP contribution in [-0.4, -0.2) is 28.5 Å². The summed E-state index contributed by atoms with van der Waals surface area (Å²) >= 11 is 6.18. The lowest BCUT2D eigenvalue weighted by Crippen LogP contribution is -2.30. The van der Waals surface area contributed by atoms with Crippen LogP contribution in [0.2, 0.25) is 5.02 Å². The fourth-order valence-corrected chi connectivity index (χ4v) is 4.97. The van der Waals surface area contributed by atoms with Gasteiger partial charge >= 0.3 is 0 Å². The molecule has 0 aliphatic carbocycles. The van der Waals surface area contributed by atoms with E-state index in [4.69, 9.17) is 16.3 Å². The molecular weight excluding hydrogens is 502 g/mol. The summed E-state index contributed by atoms with van der Waals surface area (Å²) in [5.74, 6) is -1.67. The second-order valence-electron chi connectivity index (χ2n) is 10.5. The van der Waals surface area contributed by atoms with E-state index >= 15 is 0 Å². The lowest BCUT2D eigenvalue weighted by molar-refractivity contribution is -0.132. The number of halogens is 1. The molecule has 1 amide bonds. The van der Waals surface area contributed by atoms with E-state index in [1.807, 2.05) is 25.1 Å². The molecule has 1 heterocycles. The molecule has 0 saturated carbocycles. The van der Waals surface area contributed by atoms with Gasteiger partial charge in [0, 0.05) is 16.3 Å². The fraction of sp³-hybridized carbons (Fsp3) is 0.290. The monoisotopic (exact) mass is 533 g/mol. The normalized spacial score (nSPS) is 17.2. The molecule has 0 radical (unpaired) electrons. The van der Waals surface area contributed by atoms with Crippen molar-refractivity contribution in [2.75, 3.05) is 11.5 Å². The number of aliphatic hydroxyl groups is 1. The number of ketones is 1. The third-order valence-corrected chi connectivity index (χ3v) is 7.06. The maximum absolute atomic E-state index is 13.6. The minimum Gasteiger partial charge on any atom is -0.507 e. The highest BCUT2D eigenvalue weighted by Gasteiger charge is 2.47. The zero-order valence-corrected chi connectivity index (χ0v) is 23.2. The van der Waals surface area contributed by atoms with Gasteiger partial charge in [-0.3, -0.25) is 14.5 Å². The van der Waals surface area contributed by atoms with Crippen molar-refractivity contribution >= 4 is 34.7 Å². The number of carbonyl (C=O) groups is 2. The summed E-state index contributed by atoms with van der Waals surface area (Å²) in [6.45, 7) is 12.0. The number of nitrogens with zero attached hydrogens (tertiary/aromatic N) is 1. The maximum atomic E-state index is 13.6. The number of amides is 1. The second kappa shape index (κ2) is 10.2. The molecule has 1 saturated heterocycles. The number of benzene rings is 3. The molecule has 198 valence electrons. The number of hydrogen-bond donors (Lipinski definition) is 2. The highest BCUT2D eigenvalue weighted by Crippen LogP contribution is 2.45. The van der Waals surface area contributed by atoms with Crippen LogP contribution >= 0.6 is 11.6 Å². The number of anilines is 1. The first-order chi connectivity index (χ1) is 17.8. The van der Waals surface area contributed by atoms with Crippen LogP contribution in [0.25, 0.3) is 5.76 Å². The molecule has 1 aliphatic heterocycles. The number of Topliss-reactive ketones (excluding diaryl/α,β-unsaturated/α-hetero) is 1. The van der Waals surface area contributed by atoms with E-state index in [2.05, 4.69) is 20.8 Å². The molecule has 0 bridgehead atoms. The third kappa shape index (κ3) is 4.88. The number of phenolic OH excluding ortho intramolecular Hbond substituents is 1. The summed E-state index contributed by atoms with van der Waals surface area (Å²) in [4.78, 5) is 28.6. The molecule has 0 spiro atoms. The predicted molar refractivity (Wildman–Crippen MR) is 150 cm³/mol. The fourth-order valence-electron chi connectivity index (χ4n) is 4.75. The van der Waals surface area contributed by atoms with Gasteiger partial charge in [0.15, 0.2) is 11.5 Å². The van der Waals surface area contributed by atoms with Crippen LogP contribution in [0.5, 0.6) is 11.5 Å². The Morgan fingerprint density at radius 3 is 2.34 bits per heavy atom. The van der Waals surface area contributed by atoms with Crippen molar-refractivity contribution in [1.82, 2.24) is 0 Å². The summed E-state index contributed by atoms with van der Waals surface area (Å²) in [5.41, 5.74) is 3.69. The smallest absolute Gasteiger partial charge is 0.300 e. The number of ether oxygens (including phenoxy) is 1. The molecule has 3 aromatic rings. The minimum atomic E-state index is -0.965. The van der Waals surface area contributed by atoms with Crippen molar-refractivity contribution < 1.29 is 24.5 Å². The molecule has 38 heavy (non-hydrogen) atoms. The van der Waals surface area contributed by atoms with Gasteiger partial charge in [-0.05, 0) is 84.8 Å². The Bertz CT molecular complexity index is 1470. The van der Waals surface area contributed by atoms with Crippen LogP contribution in [0, 0.1) is 13.8 Å². The van der Waals surface area contributed by atoms with Gasteiger partial charge in [0.2, 0.25) is 0 Å². The van der Waals surface area contributed by atoms with Crippen LogP contribution in [-0.2, 0) is 15.0 Å². The first-order valence-corrected chi connectivity index (χ1v) is 12.9. The highest BCUT2D eigenvalue weighted by atomic mass is 35.5. The summed E-state index contributed by atoms with van der Waals surface area (Å²) in [6.07, 6.45) is 0. The van der Waals surface area contributed by atoms with Crippen LogP contribution in [0.4, 0.5) is 5.69 Å². The van der Waals surface area contributed by atoms with Gasteiger partial charge in [0.25, 0.3) is 11.7 Å². The van der Waals surface area contributed by atoms with Gasteiger partial charge in [-0.25, -0.2) is 0 Å². The number of rotatable bonds is 5. The zero-order chi connectivity index (χ0) is 27.9. The highest BCUT2D eigenvalue weighted by molar-refractivity contribution is 6.52. The van der Waals surface area contributed by atoms with Gasteiger partial charge in [-0.1, -0.05) is 50.6 Å². The van der Waals surface area contributed by atoms with Crippen molar-refractivity contribution in [2.24, 2.45) is 0 Å². The van der Waals surface area contributed by atoms with Crippen LogP contribution in [0.1, 0.15) is 61.6 Å². The van der Waals surface area contributed by atoms with Crippen LogP contribution < -0.4 is 9.64 Å². The topological polar surface area (TPSA) is 87.1 Å². The Morgan fingerprint density at radius 2 is 1.71 bits per heavy atom. The largest absolute Gasteiger partial charge is 0.507 e. The van der Waals surface area contributed by atoms with Crippen molar-refractivity contribution in [3.8, 4) is 11.5 Å². The molecule has 7 heteroatoms. The van der Waals surface area contributed by atoms with Crippen molar-refractivity contribution in [1.29, 1.82) is 0 Å². The average molecular weight is 534 g/mol. The van der Waals surface area contributed by atoms with E-state index in [1.165, 1.54) is 11.0 Å². The molecule has 1 fully saturated rings. The lowest BCUT2D eigenvalue weighted by Gasteiger charge is -2.27. The molecule has 6 nitrogen and oxygen atoms in total. The van der Waals surface area contributed by atoms with E-state index in [0.29, 0.717) is 34.0 Å². The van der Waals surface area contributed by atoms with Crippen LogP contribution in [0.15, 0.2) is 60.2 Å². The quantitative estimate of drug-likeness (QED) is 0.210. The molecule has 3 aromatic carbocycles. The lowest BCUT2D eigenvalue weighted by atomic mass is 9.84. The first kappa shape index (κ1) is 27.3. The molecule has 0 aromatic heterocycles. The number of phenols is 1. The van der Waals surface area contributed by atoms with Gasteiger partial charge < -0.3 is 14.9 Å². The Morgan fingerprint density at radius 1 is 1.00 bits per heavy atom. The van der Waals surface area contributed by atoms with Crippen LogP contribution in [0.3, 0.4) is 0 Å². The molecular formula is C31H32ClNO5. The number of carbonyl (C=O) groups excluding carboxylic acids is 2. The molecule has 1 aliphatic rings. The number of aliphatic hydroxyl groups excluding tert-OH is 1. The Kier molecular flexibility index (Phi) is 7.31. The van der Waals surface area contributed by atoms with Gasteiger partial charge in [0.1, 0.15) is 5.76 Å². The number of aryl methyl sites for hydroxylation is 2. The Balaban J connectivity index is 2.02. The van der Waals surface area contributed by atoms with Gasteiger partial charge in [0.05, 0.1) is 18.2 Å². The Hall–Kier alpha value is -3.77. The standard InChI is InChI=1S/C31H32ClNO5/c1-7-38-25-15-19(9-13-24(25)34)27-26(28(35)22-16-20(31(4,5)6)10-8-17(22)2)29(36)30(37)33(27)23-12-11-21(32)14-18(23)3/h8-16,27,34-35H,7H2,1-6H3/b28-26+. The predicted octanol–water partition coefficient (Wildman–Crippen LogP) is 6.98. The van der Waals surface area contributed by atoms with E-state index in [9.17, 15) is 19.8 Å². The SMILES string of the molecule is CCOc1cc(C2/C(=C(\O)c3cc(C(C)(C)C)ccc3C)C(=O)C(=O)N2c2ccc(Cl)cc2C)ccc1O. The summed E-state index contributed by atoms with van der Waals surface area (Å²) < 4.78 is 5.59. The summed E-state index contributed by atoms with van der Waals surface area (Å²) in [6, 6.07) is 14.5. The van der Waals surface area contributed by atoms with E-state index < -0.39 is 17.7 Å².